The van der Waals surface area contributed by atoms with Gasteiger partial charge in [0.1, 0.15) is 18.5 Å². The molecule has 0 spiro atoms. The van der Waals surface area contributed by atoms with Crippen molar-refractivity contribution in [3.05, 3.63) is 90.0 Å². The lowest BCUT2D eigenvalue weighted by atomic mass is 10.0. The Hall–Kier alpha value is -3.44. The van der Waals surface area contributed by atoms with Crippen molar-refractivity contribution in [3.8, 4) is 5.75 Å². The highest BCUT2D eigenvalue weighted by molar-refractivity contribution is 6.49. The Morgan fingerprint density at radius 2 is 1.82 bits per heavy atom. The zero-order valence-corrected chi connectivity index (χ0v) is 20.1. The average Bonchev–Trinajstić information content (AvgIpc) is 3.07. The maximum atomic E-state index is 9.15. The molecule has 1 aliphatic heterocycles. The molecule has 2 aromatic carbocycles. The van der Waals surface area contributed by atoms with Crippen LogP contribution < -0.4 is 9.64 Å². The average molecular weight is 445 g/mol. The lowest BCUT2D eigenvalue weighted by molar-refractivity contribution is -0.393. The molecule has 0 saturated heterocycles. The van der Waals surface area contributed by atoms with E-state index in [0.717, 1.165) is 34.7 Å². The van der Waals surface area contributed by atoms with Crippen molar-refractivity contribution in [2.45, 2.75) is 19.9 Å². The molecule has 0 atom stereocenters. The van der Waals surface area contributed by atoms with Gasteiger partial charge >= 0.3 is 0 Å². The fourth-order valence-corrected chi connectivity index (χ4v) is 4.06. The molecule has 172 valence electrons. The van der Waals surface area contributed by atoms with Crippen LogP contribution in [0.15, 0.2) is 83.9 Å². The van der Waals surface area contributed by atoms with Crippen molar-refractivity contribution in [2.24, 2.45) is 4.99 Å². The minimum atomic E-state index is 0.139. The molecule has 0 saturated carbocycles. The highest BCUT2D eigenvalue weighted by Crippen LogP contribution is 2.29. The fraction of sp³-hybridized carbons (Fsp3) is 0.286. The van der Waals surface area contributed by atoms with Crippen molar-refractivity contribution >= 4 is 22.8 Å². The maximum Gasteiger partial charge on any atom is 0.217 e. The predicted octanol–water partition coefficient (Wildman–Crippen LogP) is 4.73. The molecule has 1 heterocycles. The molecular weight excluding hydrogens is 410 g/mol. The summed E-state index contributed by atoms with van der Waals surface area (Å²) >= 11 is 0. The minimum Gasteiger partial charge on any atom is -0.497 e. The van der Waals surface area contributed by atoms with E-state index in [1.807, 2.05) is 30.2 Å². The smallest absolute Gasteiger partial charge is 0.217 e. The summed E-state index contributed by atoms with van der Waals surface area (Å²) in [5, 5.41) is 9.15. The van der Waals surface area contributed by atoms with Crippen molar-refractivity contribution in [3.63, 3.8) is 0 Å². The Kier molecular flexibility index (Phi) is 8.39. The van der Waals surface area contributed by atoms with Gasteiger partial charge in [0, 0.05) is 24.8 Å². The molecule has 0 aromatic heterocycles. The maximum absolute atomic E-state index is 9.15. The first-order chi connectivity index (χ1) is 16.0. The van der Waals surface area contributed by atoms with Crippen molar-refractivity contribution < 1.29 is 14.4 Å². The molecule has 2 aromatic rings. The number of likely N-dealkylation sites (N-methyl/N-ethyl adjacent to an activating group) is 1. The van der Waals surface area contributed by atoms with E-state index in [2.05, 4.69) is 67.6 Å². The second kappa shape index (κ2) is 11.4. The number of hydrogen-bond acceptors (Lipinski definition) is 4. The zero-order valence-electron chi connectivity index (χ0n) is 20.1. The molecule has 0 bridgehead atoms. The van der Waals surface area contributed by atoms with Crippen LogP contribution in [0.2, 0.25) is 0 Å². The number of benzene rings is 2. The van der Waals surface area contributed by atoms with Crippen LogP contribution in [-0.2, 0) is 6.54 Å². The topological polar surface area (TPSA) is 48.1 Å². The third-order valence-corrected chi connectivity index (χ3v) is 5.90. The van der Waals surface area contributed by atoms with Gasteiger partial charge in [0.2, 0.25) is 11.4 Å². The second-order valence-corrected chi connectivity index (χ2v) is 8.05. The van der Waals surface area contributed by atoms with Gasteiger partial charge in [0.15, 0.2) is 0 Å². The van der Waals surface area contributed by atoms with Crippen LogP contribution in [0.1, 0.15) is 24.5 Å². The van der Waals surface area contributed by atoms with Crippen LogP contribution in [0.25, 0.3) is 5.70 Å². The quantitative estimate of drug-likeness (QED) is 0.426. The molecule has 0 fully saturated rings. The summed E-state index contributed by atoms with van der Waals surface area (Å²) in [6.45, 7) is 7.29. The molecule has 0 radical (unpaired) electrons. The van der Waals surface area contributed by atoms with Crippen molar-refractivity contribution in [2.75, 3.05) is 39.3 Å². The molecule has 3 rings (SSSR count). The minimum absolute atomic E-state index is 0.139. The number of aliphatic hydroxyl groups excluding tert-OH is 1. The molecule has 5 nitrogen and oxygen atoms in total. The first-order valence-electron chi connectivity index (χ1n) is 11.2. The van der Waals surface area contributed by atoms with Gasteiger partial charge in [0.05, 0.1) is 32.3 Å². The normalized spacial score (nSPS) is 15.1. The summed E-state index contributed by atoms with van der Waals surface area (Å²) in [7, 11) is 5.77. The summed E-state index contributed by atoms with van der Waals surface area (Å²) in [5.41, 5.74) is 7.93. The van der Waals surface area contributed by atoms with Gasteiger partial charge in [0.25, 0.3) is 0 Å². The third kappa shape index (κ3) is 5.68. The van der Waals surface area contributed by atoms with Crippen molar-refractivity contribution in [1.29, 1.82) is 0 Å². The third-order valence-electron chi connectivity index (χ3n) is 5.90. The molecule has 0 amide bonds. The van der Waals surface area contributed by atoms with Crippen molar-refractivity contribution in [1.82, 2.24) is 0 Å². The number of nitrogens with zero attached hydrogens (tertiary/aromatic N) is 3. The monoisotopic (exact) mass is 444 g/mol. The lowest BCUT2D eigenvalue weighted by Gasteiger charge is -2.17. The Labute approximate surface area is 197 Å². The van der Waals surface area contributed by atoms with Gasteiger partial charge in [-0.25, -0.2) is 0 Å². The number of aliphatic imine (C=N–C) groups is 1. The second-order valence-electron chi connectivity index (χ2n) is 8.05. The zero-order chi connectivity index (χ0) is 23.8. The molecule has 0 unspecified atom stereocenters. The number of ether oxygens (including phenoxy) is 1. The van der Waals surface area contributed by atoms with Crippen LogP contribution in [-0.4, -0.2) is 55.5 Å². The fourth-order valence-electron chi connectivity index (χ4n) is 4.06. The Morgan fingerprint density at radius 1 is 1.12 bits per heavy atom. The summed E-state index contributed by atoms with van der Waals surface area (Å²) in [4.78, 5) is 7.08. The van der Waals surface area contributed by atoms with E-state index in [9.17, 15) is 0 Å². The summed E-state index contributed by atoms with van der Waals surface area (Å²) in [6.07, 6.45) is 6.67. The van der Waals surface area contributed by atoms with Gasteiger partial charge in [-0.2, -0.15) is 4.58 Å². The number of methoxy groups -OCH3 is 1. The standard InChI is InChI=1S/C28H34N3O2/c1-6-7-8-9-26-27(29-20-22-10-14-24(15-11-22)30(3)18-19-32)21(2)28(31(26)4)23-12-16-25(33-5)17-13-23/h6-8,10-17,32H,1,9,18-20H2,2-5H3/q+1. The highest BCUT2D eigenvalue weighted by Gasteiger charge is 2.34. The van der Waals surface area contributed by atoms with Gasteiger partial charge < -0.3 is 14.7 Å². The summed E-state index contributed by atoms with van der Waals surface area (Å²) < 4.78 is 7.57. The van der Waals surface area contributed by atoms with Gasteiger partial charge in [-0.1, -0.05) is 36.9 Å². The van der Waals surface area contributed by atoms with E-state index < -0.39 is 0 Å². The molecule has 0 aliphatic carbocycles. The van der Waals surface area contributed by atoms with Crippen LogP contribution in [0, 0.1) is 0 Å². The number of rotatable bonds is 10. The van der Waals surface area contributed by atoms with Gasteiger partial charge in [-0.15, -0.1) is 0 Å². The van der Waals surface area contributed by atoms with E-state index >= 15 is 0 Å². The Morgan fingerprint density at radius 3 is 2.42 bits per heavy atom. The number of aliphatic hydroxyl groups is 1. The van der Waals surface area contributed by atoms with E-state index in [-0.39, 0.29) is 6.61 Å². The molecular formula is C28H34N3O2+. The van der Waals surface area contributed by atoms with Gasteiger partial charge in [-0.05, 0) is 48.9 Å². The number of allylic oxidation sites excluding steroid dienone is 4. The largest absolute Gasteiger partial charge is 0.497 e. The lowest BCUT2D eigenvalue weighted by Crippen LogP contribution is -2.20. The van der Waals surface area contributed by atoms with Crippen LogP contribution >= 0.6 is 0 Å². The number of hydrogen-bond donors (Lipinski definition) is 1. The molecule has 5 heteroatoms. The first kappa shape index (κ1) is 24.2. The molecule has 33 heavy (non-hydrogen) atoms. The highest BCUT2D eigenvalue weighted by atomic mass is 16.5. The number of anilines is 1. The molecule has 1 N–H and O–H groups in total. The van der Waals surface area contributed by atoms with E-state index in [4.69, 9.17) is 14.8 Å². The van der Waals surface area contributed by atoms with Crippen LogP contribution in [0.4, 0.5) is 5.69 Å². The van der Waals surface area contributed by atoms with Crippen LogP contribution in [0.3, 0.4) is 0 Å². The Bertz CT molecular complexity index is 1090. The Balaban J connectivity index is 1.92. The van der Waals surface area contributed by atoms with E-state index in [1.54, 1.807) is 13.2 Å². The van der Waals surface area contributed by atoms with Gasteiger partial charge in [-0.3, -0.25) is 4.99 Å². The predicted molar refractivity (Wildman–Crippen MR) is 139 cm³/mol. The summed E-state index contributed by atoms with van der Waals surface area (Å²) in [6, 6.07) is 16.5. The first-order valence-corrected chi connectivity index (χ1v) is 11.2. The van der Waals surface area contributed by atoms with E-state index in [1.165, 1.54) is 17.0 Å². The summed E-state index contributed by atoms with van der Waals surface area (Å²) in [5.74, 6) is 0.845. The van der Waals surface area contributed by atoms with Crippen LogP contribution in [0.5, 0.6) is 5.75 Å². The van der Waals surface area contributed by atoms with E-state index in [0.29, 0.717) is 13.1 Å². The SMILES string of the molecule is C=CC=CCC1=[N+](C)C(c2ccc(OC)cc2)=C(C)C1=NCc1ccc(N(C)CCO)cc1. The molecule has 1 aliphatic rings.